The highest BCUT2D eigenvalue weighted by Crippen LogP contribution is 2.34. The van der Waals surface area contributed by atoms with Crippen molar-refractivity contribution in [2.75, 3.05) is 6.61 Å². The van der Waals surface area contributed by atoms with Gasteiger partial charge in [-0.25, -0.2) is 5.43 Å². The van der Waals surface area contributed by atoms with Gasteiger partial charge in [-0.15, -0.1) is 0 Å². The summed E-state index contributed by atoms with van der Waals surface area (Å²) in [6.07, 6.45) is 1.86. The van der Waals surface area contributed by atoms with E-state index >= 15 is 0 Å². The maximum Gasteiger partial charge on any atom is 0.244 e. The summed E-state index contributed by atoms with van der Waals surface area (Å²) in [5.74, 6) is 1.14. The van der Waals surface area contributed by atoms with Crippen molar-refractivity contribution in [3.8, 4) is 11.5 Å². The van der Waals surface area contributed by atoms with Crippen LogP contribution in [0.3, 0.4) is 0 Å². The number of carbonyl (C=O) groups excluding carboxylic acids is 1. The second-order valence-electron chi connectivity index (χ2n) is 6.77. The highest BCUT2D eigenvalue weighted by atomic mass is 127. The molecule has 0 aliphatic rings. The Morgan fingerprint density at radius 3 is 2.25 bits per heavy atom. The summed E-state index contributed by atoms with van der Waals surface area (Å²) in [7, 11) is 0. The Labute approximate surface area is 218 Å². The topological polar surface area (TPSA) is 59.9 Å². The van der Waals surface area contributed by atoms with Crippen LogP contribution in [-0.4, -0.2) is 18.7 Å². The van der Waals surface area contributed by atoms with E-state index in [1.54, 1.807) is 6.21 Å². The van der Waals surface area contributed by atoms with Crippen LogP contribution in [0.1, 0.15) is 23.6 Å². The van der Waals surface area contributed by atoms with Crippen LogP contribution in [0.5, 0.6) is 11.5 Å². The first-order valence-corrected chi connectivity index (χ1v) is 12.5. The van der Waals surface area contributed by atoms with Crippen LogP contribution in [-0.2, 0) is 17.8 Å². The summed E-state index contributed by atoms with van der Waals surface area (Å²) in [6, 6.07) is 19.4. The average molecular weight is 672 g/mol. The van der Waals surface area contributed by atoms with E-state index < -0.39 is 0 Å². The fraction of sp³-hybridized carbons (Fsp3) is 0.167. The number of benzene rings is 3. The summed E-state index contributed by atoms with van der Waals surface area (Å²) in [6.45, 7) is 2.87. The lowest BCUT2D eigenvalue weighted by atomic mass is 10.1. The van der Waals surface area contributed by atoms with Gasteiger partial charge in [-0.3, -0.25) is 4.79 Å². The Hall–Kier alpha value is -1.91. The molecule has 32 heavy (non-hydrogen) atoms. The Bertz CT molecular complexity index is 1090. The van der Waals surface area contributed by atoms with E-state index in [0.29, 0.717) is 24.7 Å². The number of nitrogens with zero attached hydrogens (tertiary/aromatic N) is 1. The van der Waals surface area contributed by atoms with Gasteiger partial charge in [0, 0.05) is 8.95 Å². The molecule has 1 amide bonds. The highest BCUT2D eigenvalue weighted by Gasteiger charge is 2.12. The second-order valence-corrected chi connectivity index (χ2v) is 9.77. The molecule has 0 aliphatic heterocycles. The van der Waals surface area contributed by atoms with E-state index in [-0.39, 0.29) is 12.3 Å². The summed E-state index contributed by atoms with van der Waals surface area (Å²) >= 11 is 9.04. The van der Waals surface area contributed by atoms with Crippen LogP contribution >= 0.6 is 54.5 Å². The van der Waals surface area contributed by atoms with Gasteiger partial charge < -0.3 is 9.47 Å². The molecule has 8 heteroatoms. The van der Waals surface area contributed by atoms with Gasteiger partial charge in [-0.1, -0.05) is 56.1 Å². The van der Waals surface area contributed by atoms with Crippen molar-refractivity contribution in [1.82, 2.24) is 5.43 Å². The van der Waals surface area contributed by atoms with Crippen molar-refractivity contribution < 1.29 is 14.3 Å². The number of hydrazone groups is 1. The van der Waals surface area contributed by atoms with Gasteiger partial charge in [-0.05, 0) is 82.6 Å². The second kappa shape index (κ2) is 12.4. The lowest BCUT2D eigenvalue weighted by molar-refractivity contribution is -0.120. The average Bonchev–Trinajstić information content (AvgIpc) is 2.76. The lowest BCUT2D eigenvalue weighted by Crippen LogP contribution is -2.19. The van der Waals surface area contributed by atoms with Crippen molar-refractivity contribution >= 4 is 66.6 Å². The number of carbonyl (C=O) groups is 1. The zero-order chi connectivity index (χ0) is 22.9. The predicted molar refractivity (Wildman–Crippen MR) is 142 cm³/mol. The number of hydrogen-bond donors (Lipinski definition) is 1. The molecule has 0 saturated heterocycles. The molecule has 0 radical (unpaired) electrons. The molecular weight excluding hydrogens is 651 g/mol. The van der Waals surface area contributed by atoms with E-state index in [2.05, 4.69) is 65.0 Å². The molecule has 0 spiro atoms. The van der Waals surface area contributed by atoms with Crippen LogP contribution < -0.4 is 14.9 Å². The third-order valence-electron chi connectivity index (χ3n) is 4.31. The minimum Gasteiger partial charge on any atom is -0.490 e. The number of rotatable bonds is 9. The molecule has 0 bridgehead atoms. The molecule has 3 aromatic rings. The van der Waals surface area contributed by atoms with Crippen molar-refractivity contribution in [2.24, 2.45) is 5.10 Å². The van der Waals surface area contributed by atoms with Gasteiger partial charge in [0.2, 0.25) is 5.91 Å². The van der Waals surface area contributed by atoms with E-state index in [4.69, 9.17) is 9.47 Å². The molecule has 3 aromatic carbocycles. The highest BCUT2D eigenvalue weighted by molar-refractivity contribution is 14.1. The van der Waals surface area contributed by atoms with Gasteiger partial charge in [0.05, 0.1) is 22.8 Å². The first kappa shape index (κ1) is 24.7. The Morgan fingerprint density at radius 2 is 1.62 bits per heavy atom. The quantitative estimate of drug-likeness (QED) is 0.161. The molecule has 1 N–H and O–H groups in total. The van der Waals surface area contributed by atoms with Crippen molar-refractivity contribution in [2.45, 2.75) is 20.0 Å². The van der Waals surface area contributed by atoms with Crippen molar-refractivity contribution in [3.05, 3.63) is 89.9 Å². The fourth-order valence-corrected chi connectivity index (χ4v) is 4.12. The van der Waals surface area contributed by atoms with Gasteiger partial charge in [0.15, 0.2) is 11.5 Å². The van der Waals surface area contributed by atoms with Crippen molar-refractivity contribution in [3.63, 3.8) is 0 Å². The van der Waals surface area contributed by atoms with Crippen LogP contribution in [0.2, 0.25) is 0 Å². The zero-order valence-corrected chi connectivity index (χ0v) is 22.6. The molecule has 0 unspecified atom stereocenters. The molecule has 5 nitrogen and oxygen atoms in total. The van der Waals surface area contributed by atoms with E-state index in [9.17, 15) is 4.79 Å². The normalized spacial score (nSPS) is 10.9. The van der Waals surface area contributed by atoms with E-state index in [1.165, 1.54) is 0 Å². The van der Waals surface area contributed by atoms with Gasteiger partial charge >= 0.3 is 0 Å². The SMILES string of the molecule is CCOc1cc(/C=N/NC(=O)Cc2ccc(Br)cc2)cc(I)c1OCc1ccc(Br)cc1. The minimum atomic E-state index is -0.183. The fourth-order valence-electron chi connectivity index (χ4n) is 2.81. The Balaban J connectivity index is 1.65. The predicted octanol–water partition coefficient (Wildman–Crippen LogP) is 6.49. The largest absolute Gasteiger partial charge is 0.490 e. The first-order valence-electron chi connectivity index (χ1n) is 9.84. The molecule has 0 heterocycles. The number of nitrogens with one attached hydrogen (secondary N) is 1. The summed E-state index contributed by atoms with van der Waals surface area (Å²) < 4.78 is 14.7. The Morgan fingerprint density at radius 1 is 1.00 bits per heavy atom. The van der Waals surface area contributed by atoms with Crippen LogP contribution in [0, 0.1) is 3.57 Å². The number of hydrogen-bond acceptors (Lipinski definition) is 4. The number of amides is 1. The van der Waals surface area contributed by atoms with Gasteiger partial charge in [-0.2, -0.15) is 5.10 Å². The smallest absolute Gasteiger partial charge is 0.244 e. The van der Waals surface area contributed by atoms with Crippen molar-refractivity contribution in [1.29, 1.82) is 0 Å². The molecule has 0 atom stereocenters. The monoisotopic (exact) mass is 670 g/mol. The molecule has 0 aliphatic carbocycles. The molecule has 166 valence electrons. The third-order valence-corrected chi connectivity index (χ3v) is 6.17. The number of halogens is 3. The minimum absolute atomic E-state index is 0.183. The Kier molecular flexibility index (Phi) is 9.55. The zero-order valence-electron chi connectivity index (χ0n) is 17.3. The molecule has 3 rings (SSSR count). The molecular formula is C24H21Br2IN2O3. The van der Waals surface area contributed by atoms with E-state index in [0.717, 1.165) is 29.2 Å². The maximum absolute atomic E-state index is 12.1. The van der Waals surface area contributed by atoms with Crippen LogP contribution in [0.25, 0.3) is 0 Å². The lowest BCUT2D eigenvalue weighted by Gasteiger charge is -2.15. The standard InChI is InChI=1S/C24H21Br2IN2O3/c1-2-31-22-12-18(14-28-29-23(30)13-16-3-7-19(25)8-4-16)11-21(27)24(22)32-15-17-5-9-20(26)10-6-17/h3-12,14H,2,13,15H2,1H3,(H,29,30)/b28-14+. The molecule has 0 saturated carbocycles. The first-order chi connectivity index (χ1) is 15.4. The van der Waals surface area contributed by atoms with Crippen LogP contribution in [0.15, 0.2) is 74.7 Å². The third kappa shape index (κ3) is 7.60. The van der Waals surface area contributed by atoms with Gasteiger partial charge in [0.1, 0.15) is 6.61 Å². The summed E-state index contributed by atoms with van der Waals surface area (Å²) in [4.78, 5) is 12.1. The van der Waals surface area contributed by atoms with Crippen LogP contribution in [0.4, 0.5) is 0 Å². The number of ether oxygens (including phenoxy) is 2. The molecule has 0 fully saturated rings. The van der Waals surface area contributed by atoms with E-state index in [1.807, 2.05) is 67.6 Å². The summed E-state index contributed by atoms with van der Waals surface area (Å²) in [5.41, 5.74) is 5.35. The maximum atomic E-state index is 12.1. The summed E-state index contributed by atoms with van der Waals surface area (Å²) in [5, 5.41) is 4.09. The molecule has 0 aromatic heterocycles. The van der Waals surface area contributed by atoms with Gasteiger partial charge in [0.25, 0.3) is 0 Å².